The van der Waals surface area contributed by atoms with Crippen molar-refractivity contribution in [2.45, 2.75) is 27.2 Å². The monoisotopic (exact) mass is 259 g/mol. The number of anilines is 1. The van der Waals surface area contributed by atoms with Crippen LogP contribution in [0.4, 0.5) is 5.82 Å². The first kappa shape index (κ1) is 13.5. The zero-order chi connectivity index (χ0) is 13.8. The molecule has 0 amide bonds. The van der Waals surface area contributed by atoms with Crippen LogP contribution in [0.5, 0.6) is 0 Å². The lowest BCUT2D eigenvalue weighted by atomic mass is 10.1. The highest BCUT2D eigenvalue weighted by Crippen LogP contribution is 2.18. The highest BCUT2D eigenvalue weighted by Gasteiger charge is 2.10. The molecule has 2 heterocycles. The molecule has 0 atom stereocenters. The lowest BCUT2D eigenvalue weighted by Gasteiger charge is -2.10. The minimum absolute atomic E-state index is 0.573. The number of imidazole rings is 1. The maximum Gasteiger partial charge on any atom is 0.180 e. The summed E-state index contributed by atoms with van der Waals surface area (Å²) in [6, 6.07) is 2.03. The summed E-state index contributed by atoms with van der Waals surface area (Å²) in [7, 11) is 1.95. The van der Waals surface area contributed by atoms with E-state index in [9.17, 15) is 0 Å². The van der Waals surface area contributed by atoms with Gasteiger partial charge in [-0.3, -0.25) is 0 Å². The van der Waals surface area contributed by atoms with E-state index in [0.717, 1.165) is 36.0 Å². The third-order valence-corrected chi connectivity index (χ3v) is 2.80. The molecule has 5 nitrogen and oxygen atoms in total. The molecular weight excluding hydrogens is 238 g/mol. The molecule has 0 saturated heterocycles. The zero-order valence-electron chi connectivity index (χ0n) is 12.0. The summed E-state index contributed by atoms with van der Waals surface area (Å²) in [5.74, 6) is 2.18. The van der Waals surface area contributed by atoms with Gasteiger partial charge in [0.1, 0.15) is 11.5 Å². The van der Waals surface area contributed by atoms with E-state index >= 15 is 0 Å². The summed E-state index contributed by atoms with van der Waals surface area (Å²) in [6.07, 6.45) is 4.51. The van der Waals surface area contributed by atoms with Crippen LogP contribution in [0.25, 0.3) is 11.5 Å². The first-order valence-corrected chi connectivity index (χ1v) is 6.68. The Bertz CT molecular complexity index is 545. The van der Waals surface area contributed by atoms with Crippen molar-refractivity contribution in [1.82, 2.24) is 19.5 Å². The molecule has 0 aromatic carbocycles. The number of hydrogen-bond donors (Lipinski definition) is 1. The quantitative estimate of drug-likeness (QED) is 0.896. The second-order valence-corrected chi connectivity index (χ2v) is 5.09. The summed E-state index contributed by atoms with van der Waals surface area (Å²) in [6.45, 7) is 7.30. The van der Waals surface area contributed by atoms with E-state index in [2.05, 4.69) is 41.0 Å². The van der Waals surface area contributed by atoms with Crippen molar-refractivity contribution in [3.63, 3.8) is 0 Å². The third kappa shape index (κ3) is 3.30. The molecule has 0 aliphatic rings. The summed E-state index contributed by atoms with van der Waals surface area (Å²) in [5.41, 5.74) is 2.00. The molecule has 0 bridgehead atoms. The molecule has 2 aromatic rings. The molecule has 2 aromatic heterocycles. The van der Waals surface area contributed by atoms with Gasteiger partial charge in [0.15, 0.2) is 5.82 Å². The van der Waals surface area contributed by atoms with Crippen LogP contribution < -0.4 is 5.32 Å². The number of aromatic nitrogens is 4. The molecule has 102 valence electrons. The predicted molar refractivity (Wildman–Crippen MR) is 76.9 cm³/mol. The Morgan fingerprint density at radius 2 is 2.11 bits per heavy atom. The second kappa shape index (κ2) is 5.82. The molecule has 0 radical (unpaired) electrons. The maximum absolute atomic E-state index is 4.65. The van der Waals surface area contributed by atoms with Gasteiger partial charge < -0.3 is 9.88 Å². The van der Waals surface area contributed by atoms with E-state index in [1.54, 1.807) is 12.5 Å². The van der Waals surface area contributed by atoms with Crippen LogP contribution in [-0.4, -0.2) is 26.1 Å². The molecule has 0 aliphatic carbocycles. The van der Waals surface area contributed by atoms with Gasteiger partial charge in [-0.1, -0.05) is 13.8 Å². The predicted octanol–water partition coefficient (Wildman–Crippen LogP) is 2.51. The summed E-state index contributed by atoms with van der Waals surface area (Å²) in [4.78, 5) is 13.3. The Labute approximate surface area is 114 Å². The number of rotatable bonds is 5. The fourth-order valence-corrected chi connectivity index (χ4v) is 1.98. The van der Waals surface area contributed by atoms with E-state index in [4.69, 9.17) is 0 Å². The van der Waals surface area contributed by atoms with Gasteiger partial charge in [0.05, 0.1) is 12.5 Å². The molecule has 0 saturated carbocycles. The van der Waals surface area contributed by atoms with Gasteiger partial charge in [0.25, 0.3) is 0 Å². The van der Waals surface area contributed by atoms with E-state index in [1.807, 2.05) is 17.7 Å². The van der Waals surface area contributed by atoms with Crippen LogP contribution in [0, 0.1) is 5.92 Å². The van der Waals surface area contributed by atoms with Crippen LogP contribution in [-0.2, 0) is 13.5 Å². The Kier molecular flexibility index (Phi) is 4.14. The Hall–Kier alpha value is -1.91. The zero-order valence-corrected chi connectivity index (χ0v) is 12.0. The van der Waals surface area contributed by atoms with Crippen molar-refractivity contribution in [1.29, 1.82) is 0 Å². The number of nitrogens with zero attached hydrogens (tertiary/aromatic N) is 4. The number of hydrogen-bond acceptors (Lipinski definition) is 4. The molecule has 0 aliphatic heterocycles. The fourth-order valence-electron chi connectivity index (χ4n) is 1.98. The van der Waals surface area contributed by atoms with Crippen LogP contribution >= 0.6 is 0 Å². The van der Waals surface area contributed by atoms with Gasteiger partial charge in [0, 0.05) is 25.4 Å². The van der Waals surface area contributed by atoms with Crippen molar-refractivity contribution in [3.8, 4) is 11.5 Å². The summed E-state index contributed by atoms with van der Waals surface area (Å²) >= 11 is 0. The van der Waals surface area contributed by atoms with E-state index < -0.39 is 0 Å². The standard InChI is InChI=1S/C14H21N5/c1-5-16-13-7-11(6-10(2)3)17-14(18-13)12-8-15-9-19(12)4/h7-10H,5-6H2,1-4H3,(H,16,17,18). The largest absolute Gasteiger partial charge is 0.370 e. The molecule has 2 rings (SSSR count). The molecule has 0 unspecified atom stereocenters. The van der Waals surface area contributed by atoms with Crippen molar-refractivity contribution in [3.05, 3.63) is 24.3 Å². The maximum atomic E-state index is 4.65. The van der Waals surface area contributed by atoms with Crippen molar-refractivity contribution in [2.75, 3.05) is 11.9 Å². The fraction of sp³-hybridized carbons (Fsp3) is 0.500. The second-order valence-electron chi connectivity index (χ2n) is 5.09. The van der Waals surface area contributed by atoms with Crippen LogP contribution in [0.3, 0.4) is 0 Å². The van der Waals surface area contributed by atoms with Gasteiger partial charge in [-0.25, -0.2) is 15.0 Å². The number of aryl methyl sites for hydroxylation is 1. The van der Waals surface area contributed by atoms with Gasteiger partial charge in [-0.2, -0.15) is 0 Å². The minimum Gasteiger partial charge on any atom is -0.370 e. The van der Waals surface area contributed by atoms with Crippen molar-refractivity contribution in [2.24, 2.45) is 13.0 Å². The average molecular weight is 259 g/mol. The van der Waals surface area contributed by atoms with Gasteiger partial charge in [0.2, 0.25) is 0 Å². The minimum atomic E-state index is 0.573. The topological polar surface area (TPSA) is 55.6 Å². The van der Waals surface area contributed by atoms with Crippen LogP contribution in [0.15, 0.2) is 18.6 Å². The van der Waals surface area contributed by atoms with E-state index in [0.29, 0.717) is 5.92 Å². The average Bonchev–Trinajstić information content (AvgIpc) is 2.74. The SMILES string of the molecule is CCNc1cc(CC(C)C)nc(-c2cncn2C)n1. The van der Waals surface area contributed by atoms with Crippen LogP contribution in [0.1, 0.15) is 26.5 Å². The first-order valence-electron chi connectivity index (χ1n) is 6.68. The lowest BCUT2D eigenvalue weighted by Crippen LogP contribution is -2.07. The highest BCUT2D eigenvalue weighted by molar-refractivity contribution is 5.52. The molecule has 1 N–H and O–H groups in total. The van der Waals surface area contributed by atoms with Crippen molar-refractivity contribution < 1.29 is 0 Å². The van der Waals surface area contributed by atoms with Gasteiger partial charge in [-0.05, 0) is 19.3 Å². The molecular formula is C14H21N5. The van der Waals surface area contributed by atoms with Gasteiger partial charge >= 0.3 is 0 Å². The molecule has 0 spiro atoms. The molecule has 0 fully saturated rings. The smallest absolute Gasteiger partial charge is 0.180 e. The molecule has 5 heteroatoms. The Balaban J connectivity index is 2.42. The Morgan fingerprint density at radius 1 is 1.32 bits per heavy atom. The summed E-state index contributed by atoms with van der Waals surface area (Å²) < 4.78 is 1.93. The van der Waals surface area contributed by atoms with E-state index in [1.165, 1.54) is 0 Å². The van der Waals surface area contributed by atoms with Gasteiger partial charge in [-0.15, -0.1) is 0 Å². The normalized spacial score (nSPS) is 11.0. The first-order chi connectivity index (χ1) is 9.10. The van der Waals surface area contributed by atoms with Crippen molar-refractivity contribution >= 4 is 5.82 Å². The molecule has 19 heavy (non-hydrogen) atoms. The van der Waals surface area contributed by atoms with Crippen LogP contribution in [0.2, 0.25) is 0 Å². The highest BCUT2D eigenvalue weighted by atomic mass is 15.1. The van der Waals surface area contributed by atoms with E-state index in [-0.39, 0.29) is 0 Å². The number of nitrogens with one attached hydrogen (secondary N) is 1. The summed E-state index contributed by atoms with van der Waals surface area (Å²) in [5, 5.41) is 3.26. The third-order valence-electron chi connectivity index (χ3n) is 2.80. The Morgan fingerprint density at radius 3 is 2.68 bits per heavy atom. The lowest BCUT2D eigenvalue weighted by molar-refractivity contribution is 0.634.